The summed E-state index contributed by atoms with van der Waals surface area (Å²) in [5.74, 6) is -0.472. The summed E-state index contributed by atoms with van der Waals surface area (Å²) in [5, 5.41) is 13.5. The van der Waals surface area contributed by atoms with Crippen molar-refractivity contribution in [3.8, 4) is 6.07 Å². The van der Waals surface area contributed by atoms with Crippen LogP contribution in [0, 0.1) is 17.2 Å². The van der Waals surface area contributed by atoms with Gasteiger partial charge in [0.2, 0.25) is 0 Å². The molecule has 0 saturated heterocycles. The summed E-state index contributed by atoms with van der Waals surface area (Å²) in [6.45, 7) is 1.76. The number of benzene rings is 1. The van der Waals surface area contributed by atoms with Gasteiger partial charge in [-0.05, 0) is 48.4 Å². The Labute approximate surface area is 177 Å². The lowest BCUT2D eigenvalue weighted by Crippen LogP contribution is -2.21. The van der Waals surface area contributed by atoms with E-state index in [9.17, 15) is 14.9 Å². The summed E-state index contributed by atoms with van der Waals surface area (Å²) < 4.78 is 5.04. The first kappa shape index (κ1) is 20.7. The summed E-state index contributed by atoms with van der Waals surface area (Å²) in [7, 11) is 0. The van der Waals surface area contributed by atoms with Gasteiger partial charge in [-0.15, -0.1) is 11.3 Å². The molecule has 28 heavy (non-hydrogen) atoms. The van der Waals surface area contributed by atoms with Crippen molar-refractivity contribution in [1.29, 1.82) is 5.26 Å². The third-order valence-corrected chi connectivity index (χ3v) is 6.35. The topological polar surface area (TPSA) is 79.2 Å². The molecule has 1 aromatic heterocycles. The number of fused-ring (bicyclic) bond motifs is 1. The fourth-order valence-electron chi connectivity index (χ4n) is 3.14. The Kier molecular flexibility index (Phi) is 6.61. The number of thiophene rings is 1. The molecule has 0 fully saturated rings. The molecule has 0 saturated carbocycles. The van der Waals surface area contributed by atoms with Crippen LogP contribution in [-0.4, -0.2) is 18.5 Å². The average Bonchev–Trinajstić information content (AvgIpc) is 2.98. The zero-order chi connectivity index (χ0) is 20.3. The zero-order valence-corrected chi connectivity index (χ0v) is 17.5. The summed E-state index contributed by atoms with van der Waals surface area (Å²) in [5.41, 5.74) is 2.14. The summed E-state index contributed by atoms with van der Waals surface area (Å²) >= 11 is 13.3. The number of esters is 1. The molecule has 2 aromatic rings. The van der Waals surface area contributed by atoms with Crippen molar-refractivity contribution in [3.63, 3.8) is 0 Å². The van der Waals surface area contributed by atoms with E-state index in [1.54, 1.807) is 18.2 Å². The molecule has 0 bridgehead atoms. The van der Waals surface area contributed by atoms with Gasteiger partial charge in [0, 0.05) is 14.9 Å². The zero-order valence-electron chi connectivity index (χ0n) is 15.2. The van der Waals surface area contributed by atoms with E-state index in [-0.39, 0.29) is 6.42 Å². The van der Waals surface area contributed by atoms with Gasteiger partial charge in [-0.1, -0.05) is 36.2 Å². The quantitative estimate of drug-likeness (QED) is 0.684. The van der Waals surface area contributed by atoms with Gasteiger partial charge < -0.3 is 10.1 Å². The minimum absolute atomic E-state index is 0.0576. The SMILES string of the molecule is C[C@@H]1CCc2c(sc(NC(=O)COC(=O)Cc3ccc(Cl)cc3Cl)c2C#N)C1. The van der Waals surface area contributed by atoms with E-state index in [1.807, 2.05) is 0 Å². The standard InChI is InChI=1S/C20H18Cl2N2O3S/c1-11-2-5-14-15(9-23)20(28-17(14)6-11)24-18(25)10-27-19(26)7-12-3-4-13(21)8-16(12)22/h3-4,8,11H,2,5-7,10H2,1H3,(H,24,25)/t11-/m1/s1. The van der Waals surface area contributed by atoms with Crippen LogP contribution in [0.25, 0.3) is 0 Å². The first-order chi connectivity index (χ1) is 13.4. The highest BCUT2D eigenvalue weighted by Crippen LogP contribution is 2.39. The number of carbonyl (C=O) groups is 2. The molecular weight excluding hydrogens is 419 g/mol. The second-order valence-corrected chi connectivity index (χ2v) is 8.74. The van der Waals surface area contributed by atoms with E-state index >= 15 is 0 Å². The smallest absolute Gasteiger partial charge is 0.310 e. The second-order valence-electron chi connectivity index (χ2n) is 6.79. The molecule has 0 spiro atoms. The molecule has 1 N–H and O–H groups in total. The molecule has 1 atom stereocenters. The van der Waals surface area contributed by atoms with Gasteiger partial charge in [0.05, 0.1) is 12.0 Å². The number of carbonyl (C=O) groups excluding carboxylic acids is 2. The van der Waals surface area contributed by atoms with Crippen LogP contribution >= 0.6 is 34.5 Å². The van der Waals surface area contributed by atoms with Gasteiger partial charge >= 0.3 is 5.97 Å². The van der Waals surface area contributed by atoms with E-state index in [2.05, 4.69) is 18.3 Å². The number of halogens is 2. The molecule has 1 amide bonds. The first-order valence-electron chi connectivity index (χ1n) is 8.81. The van der Waals surface area contributed by atoms with Gasteiger partial charge in [-0.2, -0.15) is 5.26 Å². The lowest BCUT2D eigenvalue weighted by Gasteiger charge is -2.17. The Morgan fingerprint density at radius 3 is 2.89 bits per heavy atom. The number of nitrogens with zero attached hydrogens (tertiary/aromatic N) is 1. The Morgan fingerprint density at radius 2 is 2.18 bits per heavy atom. The maximum absolute atomic E-state index is 12.2. The van der Waals surface area contributed by atoms with Crippen LogP contribution in [0.2, 0.25) is 10.0 Å². The van der Waals surface area contributed by atoms with Crippen molar-refractivity contribution in [1.82, 2.24) is 0 Å². The van der Waals surface area contributed by atoms with Crippen LogP contribution in [0.1, 0.15) is 34.9 Å². The molecular formula is C20H18Cl2N2O3S. The lowest BCUT2D eigenvalue weighted by atomic mass is 9.89. The van der Waals surface area contributed by atoms with Gasteiger partial charge in [0.1, 0.15) is 11.1 Å². The number of hydrogen-bond acceptors (Lipinski definition) is 5. The number of ether oxygens (including phenoxy) is 1. The Bertz CT molecular complexity index is 965. The van der Waals surface area contributed by atoms with Crippen molar-refractivity contribution in [2.24, 2.45) is 5.92 Å². The monoisotopic (exact) mass is 436 g/mol. The fourth-order valence-corrected chi connectivity index (χ4v) is 4.99. The molecule has 1 aromatic carbocycles. The van der Waals surface area contributed by atoms with E-state index in [0.717, 1.165) is 29.7 Å². The van der Waals surface area contributed by atoms with Crippen molar-refractivity contribution < 1.29 is 14.3 Å². The number of hydrogen-bond donors (Lipinski definition) is 1. The van der Waals surface area contributed by atoms with Gasteiger partial charge in [0.15, 0.2) is 6.61 Å². The van der Waals surface area contributed by atoms with Crippen molar-refractivity contribution >= 4 is 51.4 Å². The Balaban J connectivity index is 1.57. The molecule has 1 aliphatic rings. The predicted molar refractivity (Wildman–Crippen MR) is 110 cm³/mol. The third kappa shape index (κ3) is 4.85. The second kappa shape index (κ2) is 8.95. The Morgan fingerprint density at radius 1 is 1.39 bits per heavy atom. The van der Waals surface area contributed by atoms with Crippen LogP contribution in [-0.2, 0) is 33.6 Å². The number of rotatable bonds is 5. The van der Waals surface area contributed by atoms with Crippen LogP contribution < -0.4 is 5.32 Å². The summed E-state index contributed by atoms with van der Waals surface area (Å²) in [4.78, 5) is 25.3. The van der Waals surface area contributed by atoms with E-state index in [0.29, 0.717) is 32.1 Å². The number of nitrogens with one attached hydrogen (secondary N) is 1. The van der Waals surface area contributed by atoms with E-state index in [1.165, 1.54) is 11.3 Å². The maximum Gasteiger partial charge on any atom is 0.310 e. The minimum atomic E-state index is -0.570. The number of amides is 1. The first-order valence-corrected chi connectivity index (χ1v) is 10.4. The molecule has 0 unspecified atom stereocenters. The Hall–Kier alpha value is -2.07. The molecule has 8 heteroatoms. The van der Waals surface area contributed by atoms with Crippen LogP contribution in [0.5, 0.6) is 0 Å². The molecule has 0 aliphatic heterocycles. The van der Waals surface area contributed by atoms with Crippen molar-refractivity contribution in [3.05, 3.63) is 49.8 Å². The van der Waals surface area contributed by atoms with Gasteiger partial charge in [0.25, 0.3) is 5.91 Å². The predicted octanol–water partition coefficient (Wildman–Crippen LogP) is 4.78. The van der Waals surface area contributed by atoms with E-state index in [4.69, 9.17) is 27.9 Å². The number of anilines is 1. The van der Waals surface area contributed by atoms with Crippen LogP contribution in [0.15, 0.2) is 18.2 Å². The van der Waals surface area contributed by atoms with Crippen molar-refractivity contribution in [2.75, 3.05) is 11.9 Å². The average molecular weight is 437 g/mol. The highest BCUT2D eigenvalue weighted by atomic mass is 35.5. The molecule has 0 radical (unpaired) electrons. The highest BCUT2D eigenvalue weighted by Gasteiger charge is 2.24. The van der Waals surface area contributed by atoms with E-state index < -0.39 is 18.5 Å². The molecule has 1 heterocycles. The maximum atomic E-state index is 12.2. The van der Waals surface area contributed by atoms with Crippen LogP contribution in [0.3, 0.4) is 0 Å². The van der Waals surface area contributed by atoms with Gasteiger partial charge in [-0.25, -0.2) is 0 Å². The minimum Gasteiger partial charge on any atom is -0.455 e. The summed E-state index contributed by atoms with van der Waals surface area (Å²) in [6.07, 6.45) is 2.75. The highest BCUT2D eigenvalue weighted by molar-refractivity contribution is 7.16. The van der Waals surface area contributed by atoms with Gasteiger partial charge in [-0.3, -0.25) is 9.59 Å². The van der Waals surface area contributed by atoms with Crippen molar-refractivity contribution in [2.45, 2.75) is 32.6 Å². The fraction of sp³-hybridized carbons (Fsp3) is 0.350. The lowest BCUT2D eigenvalue weighted by molar-refractivity contribution is -0.146. The van der Waals surface area contributed by atoms with Crippen LogP contribution in [0.4, 0.5) is 5.00 Å². The molecule has 3 rings (SSSR count). The molecule has 1 aliphatic carbocycles. The normalized spacial score (nSPS) is 15.4. The third-order valence-electron chi connectivity index (χ3n) is 4.59. The molecule has 5 nitrogen and oxygen atoms in total. The number of nitriles is 1. The largest absolute Gasteiger partial charge is 0.455 e. The summed E-state index contributed by atoms with van der Waals surface area (Å²) in [6, 6.07) is 7.01. The molecule has 146 valence electrons.